The van der Waals surface area contributed by atoms with Crippen LogP contribution >= 0.6 is 11.6 Å². The molecule has 3 atom stereocenters. The van der Waals surface area contributed by atoms with Gasteiger partial charge in [-0.3, -0.25) is 4.79 Å². The Morgan fingerprint density at radius 1 is 1.24 bits per heavy atom. The molecule has 1 aromatic rings. The summed E-state index contributed by atoms with van der Waals surface area (Å²) in [7, 11) is -2.98. The molecule has 1 amide bonds. The van der Waals surface area contributed by atoms with Crippen LogP contribution in [0.25, 0.3) is 0 Å². The summed E-state index contributed by atoms with van der Waals surface area (Å²) < 4.78 is 23.2. The van der Waals surface area contributed by atoms with E-state index in [0.717, 1.165) is 18.4 Å². The summed E-state index contributed by atoms with van der Waals surface area (Å²) in [6.45, 7) is 0. The van der Waals surface area contributed by atoms with Gasteiger partial charge in [-0.05, 0) is 42.9 Å². The molecule has 3 unspecified atom stereocenters. The van der Waals surface area contributed by atoms with Crippen LogP contribution < -0.4 is 5.32 Å². The van der Waals surface area contributed by atoms with Crippen molar-refractivity contribution in [2.75, 3.05) is 11.5 Å². The van der Waals surface area contributed by atoms with E-state index < -0.39 is 9.84 Å². The number of hydrogen-bond donors (Lipinski definition) is 1. The summed E-state index contributed by atoms with van der Waals surface area (Å²) in [5, 5.41) is 3.59. The van der Waals surface area contributed by atoms with Gasteiger partial charge in [0.2, 0.25) is 5.91 Å². The Bertz CT molecular complexity index is 641. The Kier molecular flexibility index (Phi) is 3.97. The smallest absolute Gasteiger partial charge is 0.223 e. The second-order valence-electron chi connectivity index (χ2n) is 5.96. The summed E-state index contributed by atoms with van der Waals surface area (Å²) >= 11 is 5.86. The molecule has 2 fully saturated rings. The zero-order chi connectivity index (χ0) is 15.0. The highest BCUT2D eigenvalue weighted by atomic mass is 35.5. The quantitative estimate of drug-likeness (QED) is 0.925. The van der Waals surface area contributed by atoms with Crippen molar-refractivity contribution in [2.45, 2.75) is 31.2 Å². The number of amides is 1. The molecule has 1 heterocycles. The van der Waals surface area contributed by atoms with Gasteiger partial charge < -0.3 is 5.32 Å². The predicted molar refractivity (Wildman–Crippen MR) is 82.1 cm³/mol. The standard InChI is InChI=1S/C15H18ClNO3S/c16-11-5-3-10(4-6-11)13-8-14(13)15(18)17-12-2-1-7-21(19,20)9-12/h3-6,12-14H,1-2,7-9H2,(H,17,18). The maximum absolute atomic E-state index is 12.2. The van der Waals surface area contributed by atoms with Crippen LogP contribution in [-0.2, 0) is 14.6 Å². The minimum atomic E-state index is -2.98. The summed E-state index contributed by atoms with van der Waals surface area (Å²) in [6.07, 6.45) is 2.22. The zero-order valence-corrected chi connectivity index (χ0v) is 13.2. The van der Waals surface area contributed by atoms with Crippen molar-refractivity contribution in [3.05, 3.63) is 34.9 Å². The second kappa shape index (κ2) is 5.61. The Labute approximate surface area is 129 Å². The van der Waals surface area contributed by atoms with Gasteiger partial charge in [-0.2, -0.15) is 0 Å². The lowest BCUT2D eigenvalue weighted by Gasteiger charge is -2.23. The number of sulfone groups is 1. The first-order chi connectivity index (χ1) is 9.94. The third-order valence-electron chi connectivity index (χ3n) is 4.23. The fourth-order valence-electron chi connectivity index (χ4n) is 3.01. The number of rotatable bonds is 3. The van der Waals surface area contributed by atoms with Crippen LogP contribution in [0, 0.1) is 5.92 Å². The van der Waals surface area contributed by atoms with E-state index in [9.17, 15) is 13.2 Å². The lowest BCUT2D eigenvalue weighted by Crippen LogP contribution is -2.43. The average Bonchev–Trinajstić information content (AvgIpc) is 3.18. The number of carbonyl (C=O) groups is 1. The molecule has 2 aliphatic rings. The van der Waals surface area contributed by atoms with Crippen LogP contribution in [0.5, 0.6) is 0 Å². The molecule has 4 nitrogen and oxygen atoms in total. The second-order valence-corrected chi connectivity index (χ2v) is 8.63. The third-order valence-corrected chi connectivity index (χ3v) is 6.31. The van der Waals surface area contributed by atoms with Gasteiger partial charge in [-0.25, -0.2) is 8.42 Å². The van der Waals surface area contributed by atoms with Gasteiger partial charge in [-0.15, -0.1) is 0 Å². The maximum Gasteiger partial charge on any atom is 0.223 e. The van der Waals surface area contributed by atoms with Gasteiger partial charge in [0.15, 0.2) is 9.84 Å². The average molecular weight is 328 g/mol. The zero-order valence-electron chi connectivity index (χ0n) is 11.6. The van der Waals surface area contributed by atoms with Crippen molar-refractivity contribution in [1.82, 2.24) is 5.32 Å². The molecule has 1 aliphatic carbocycles. The highest BCUT2D eigenvalue weighted by Gasteiger charge is 2.44. The molecule has 0 radical (unpaired) electrons. The van der Waals surface area contributed by atoms with E-state index in [-0.39, 0.29) is 35.3 Å². The lowest BCUT2D eigenvalue weighted by atomic mass is 10.1. The van der Waals surface area contributed by atoms with Crippen LogP contribution in [0.15, 0.2) is 24.3 Å². The molecule has 3 rings (SSSR count). The van der Waals surface area contributed by atoms with Crippen molar-refractivity contribution in [3.8, 4) is 0 Å². The topological polar surface area (TPSA) is 63.2 Å². The molecular formula is C15H18ClNO3S. The molecule has 6 heteroatoms. The van der Waals surface area contributed by atoms with E-state index in [1.165, 1.54) is 0 Å². The predicted octanol–water partition coefficient (Wildman–Crippen LogP) is 2.14. The molecule has 21 heavy (non-hydrogen) atoms. The first-order valence-electron chi connectivity index (χ1n) is 7.21. The number of benzene rings is 1. The summed E-state index contributed by atoms with van der Waals surface area (Å²) in [6, 6.07) is 7.34. The van der Waals surface area contributed by atoms with Crippen molar-refractivity contribution in [1.29, 1.82) is 0 Å². The minimum Gasteiger partial charge on any atom is -0.352 e. The monoisotopic (exact) mass is 327 g/mol. The molecule has 0 bridgehead atoms. The van der Waals surface area contributed by atoms with E-state index in [1.807, 2.05) is 24.3 Å². The molecule has 1 N–H and O–H groups in total. The molecule has 1 aromatic carbocycles. The number of nitrogens with one attached hydrogen (secondary N) is 1. The van der Waals surface area contributed by atoms with E-state index >= 15 is 0 Å². The largest absolute Gasteiger partial charge is 0.352 e. The first-order valence-corrected chi connectivity index (χ1v) is 9.41. The van der Waals surface area contributed by atoms with E-state index in [1.54, 1.807) is 0 Å². The molecule has 0 aromatic heterocycles. The molecular weight excluding hydrogens is 310 g/mol. The first kappa shape index (κ1) is 14.9. The van der Waals surface area contributed by atoms with Crippen molar-refractivity contribution >= 4 is 27.3 Å². The van der Waals surface area contributed by atoms with Crippen LogP contribution in [0.2, 0.25) is 5.02 Å². The van der Waals surface area contributed by atoms with Crippen molar-refractivity contribution in [2.24, 2.45) is 5.92 Å². The highest BCUT2D eigenvalue weighted by molar-refractivity contribution is 7.91. The van der Waals surface area contributed by atoms with Gasteiger partial charge in [0.1, 0.15) is 0 Å². The number of halogens is 1. The molecule has 1 aliphatic heterocycles. The van der Waals surface area contributed by atoms with E-state index in [0.29, 0.717) is 11.4 Å². The Balaban J connectivity index is 1.57. The van der Waals surface area contributed by atoms with Crippen LogP contribution in [0.4, 0.5) is 0 Å². The summed E-state index contributed by atoms with van der Waals surface area (Å²) in [5.74, 6) is 0.517. The number of carbonyl (C=O) groups excluding carboxylic acids is 1. The molecule has 114 valence electrons. The maximum atomic E-state index is 12.2. The van der Waals surface area contributed by atoms with Crippen LogP contribution in [0.1, 0.15) is 30.7 Å². The van der Waals surface area contributed by atoms with Crippen LogP contribution in [0.3, 0.4) is 0 Å². The van der Waals surface area contributed by atoms with Crippen molar-refractivity contribution in [3.63, 3.8) is 0 Å². The molecule has 0 spiro atoms. The summed E-state index contributed by atoms with van der Waals surface area (Å²) in [5.41, 5.74) is 1.12. The Hall–Kier alpha value is -1.07. The molecule has 1 saturated carbocycles. The summed E-state index contributed by atoms with van der Waals surface area (Å²) in [4.78, 5) is 12.2. The lowest BCUT2D eigenvalue weighted by molar-refractivity contribution is -0.123. The van der Waals surface area contributed by atoms with E-state index in [4.69, 9.17) is 11.6 Å². The van der Waals surface area contributed by atoms with Crippen LogP contribution in [-0.4, -0.2) is 31.9 Å². The number of hydrogen-bond acceptors (Lipinski definition) is 3. The fourth-order valence-corrected chi connectivity index (χ4v) is 4.77. The normalized spacial score (nSPS) is 30.6. The Morgan fingerprint density at radius 2 is 1.95 bits per heavy atom. The minimum absolute atomic E-state index is 0.0166. The fraction of sp³-hybridized carbons (Fsp3) is 0.533. The van der Waals surface area contributed by atoms with Gasteiger partial charge in [-0.1, -0.05) is 23.7 Å². The SMILES string of the molecule is O=C(NC1CCCS(=O)(=O)C1)C1CC1c1ccc(Cl)cc1. The van der Waals surface area contributed by atoms with Gasteiger partial charge in [0, 0.05) is 17.0 Å². The highest BCUT2D eigenvalue weighted by Crippen LogP contribution is 2.47. The van der Waals surface area contributed by atoms with Crippen molar-refractivity contribution < 1.29 is 13.2 Å². The third kappa shape index (κ3) is 3.58. The van der Waals surface area contributed by atoms with E-state index in [2.05, 4.69) is 5.32 Å². The Morgan fingerprint density at radius 3 is 2.62 bits per heavy atom. The van der Waals surface area contributed by atoms with Gasteiger partial charge in [0.25, 0.3) is 0 Å². The van der Waals surface area contributed by atoms with Gasteiger partial charge in [0.05, 0.1) is 11.5 Å². The van der Waals surface area contributed by atoms with Gasteiger partial charge >= 0.3 is 0 Å². The molecule has 1 saturated heterocycles.